The monoisotopic (exact) mass is 261 g/mol. The quantitative estimate of drug-likeness (QED) is 0.778. The average molecular weight is 262 g/mol. The van der Waals surface area contributed by atoms with Crippen LogP contribution in [0.4, 0.5) is 4.39 Å². The molecular formula is C11H13ClFNO3. The van der Waals surface area contributed by atoms with Crippen LogP contribution in [0.1, 0.15) is 34.8 Å². The molecule has 0 amide bonds. The van der Waals surface area contributed by atoms with Gasteiger partial charge in [-0.15, -0.1) is 12.4 Å². The number of carboxylic acids is 1. The zero-order chi connectivity index (χ0) is 11.9. The van der Waals surface area contributed by atoms with Crippen molar-refractivity contribution in [1.82, 2.24) is 0 Å². The molecule has 0 radical (unpaired) electrons. The van der Waals surface area contributed by atoms with E-state index in [1.165, 1.54) is 0 Å². The molecule has 1 atom stereocenters. The van der Waals surface area contributed by atoms with Gasteiger partial charge in [-0.3, -0.25) is 0 Å². The summed E-state index contributed by atoms with van der Waals surface area (Å²) < 4.78 is 13.2. The number of phenols is 1. The van der Waals surface area contributed by atoms with Crippen LogP contribution in [0.25, 0.3) is 0 Å². The molecule has 1 aliphatic rings. The molecular weight excluding hydrogens is 249 g/mol. The number of hydrogen-bond donors (Lipinski definition) is 3. The molecule has 1 aromatic carbocycles. The van der Waals surface area contributed by atoms with Crippen LogP contribution in [-0.4, -0.2) is 16.2 Å². The highest BCUT2D eigenvalue weighted by molar-refractivity contribution is 5.91. The summed E-state index contributed by atoms with van der Waals surface area (Å²) in [5.74, 6) is -2.26. The van der Waals surface area contributed by atoms with Gasteiger partial charge in [0.2, 0.25) is 0 Å². The lowest BCUT2D eigenvalue weighted by atomic mass is 9.99. The van der Waals surface area contributed by atoms with E-state index in [-0.39, 0.29) is 23.9 Å². The van der Waals surface area contributed by atoms with E-state index >= 15 is 0 Å². The fraction of sp³-hybridized carbons (Fsp3) is 0.364. The van der Waals surface area contributed by atoms with Gasteiger partial charge < -0.3 is 15.9 Å². The number of carboxylic acid groups (broad SMARTS) is 1. The standard InChI is InChI=1S/C11H12FNO3.ClH/c12-6-3-7(9(13)5-1-2-5)10(14)8(4-6)11(15)16;/h3-5,9,14H,1-2,13H2,(H,15,16);1H/t9-;/m0./s1. The van der Waals surface area contributed by atoms with Crippen LogP contribution in [0.2, 0.25) is 0 Å². The van der Waals surface area contributed by atoms with E-state index in [2.05, 4.69) is 0 Å². The third kappa shape index (κ3) is 2.68. The van der Waals surface area contributed by atoms with Crippen molar-refractivity contribution in [3.63, 3.8) is 0 Å². The average Bonchev–Trinajstić information content (AvgIpc) is 3.03. The fourth-order valence-corrected chi connectivity index (χ4v) is 1.75. The minimum atomic E-state index is -1.36. The molecule has 1 saturated carbocycles. The predicted octanol–water partition coefficient (Wildman–Crippen LogP) is 2.06. The molecule has 17 heavy (non-hydrogen) atoms. The van der Waals surface area contributed by atoms with Crippen molar-refractivity contribution in [3.8, 4) is 5.75 Å². The van der Waals surface area contributed by atoms with Crippen LogP contribution < -0.4 is 5.73 Å². The van der Waals surface area contributed by atoms with E-state index in [4.69, 9.17) is 10.8 Å². The molecule has 1 fully saturated rings. The Morgan fingerprint density at radius 2 is 2.06 bits per heavy atom. The van der Waals surface area contributed by atoms with Gasteiger partial charge in [0.1, 0.15) is 17.1 Å². The molecule has 0 spiro atoms. The highest BCUT2D eigenvalue weighted by atomic mass is 35.5. The van der Waals surface area contributed by atoms with Gasteiger partial charge in [0.25, 0.3) is 0 Å². The van der Waals surface area contributed by atoms with Crippen LogP contribution in [-0.2, 0) is 0 Å². The van der Waals surface area contributed by atoms with Gasteiger partial charge in [0, 0.05) is 11.6 Å². The maximum Gasteiger partial charge on any atom is 0.339 e. The molecule has 0 saturated heterocycles. The number of aromatic hydroxyl groups is 1. The second kappa shape index (κ2) is 4.89. The van der Waals surface area contributed by atoms with Crippen LogP contribution in [0, 0.1) is 11.7 Å². The van der Waals surface area contributed by atoms with Crippen molar-refractivity contribution in [1.29, 1.82) is 0 Å². The van der Waals surface area contributed by atoms with Crippen molar-refractivity contribution in [2.24, 2.45) is 11.7 Å². The Labute approximate surface area is 104 Å². The molecule has 1 aromatic rings. The number of benzene rings is 1. The summed E-state index contributed by atoms with van der Waals surface area (Å²) in [7, 11) is 0. The maximum absolute atomic E-state index is 13.2. The molecule has 2 rings (SSSR count). The van der Waals surface area contributed by atoms with Gasteiger partial charge in [-0.1, -0.05) is 0 Å². The number of hydrogen-bond acceptors (Lipinski definition) is 3. The Morgan fingerprint density at radius 3 is 2.53 bits per heavy atom. The number of carbonyl (C=O) groups is 1. The Kier molecular flexibility index (Phi) is 3.95. The minimum absolute atomic E-state index is 0. The molecule has 0 heterocycles. The Bertz CT molecular complexity index is 449. The maximum atomic E-state index is 13.2. The third-order valence-electron chi connectivity index (χ3n) is 2.82. The number of nitrogens with two attached hydrogens (primary N) is 1. The second-order valence-corrected chi connectivity index (χ2v) is 4.06. The Balaban J connectivity index is 0.00000144. The Hall–Kier alpha value is -1.33. The van der Waals surface area contributed by atoms with Crippen molar-refractivity contribution < 1.29 is 19.4 Å². The first kappa shape index (κ1) is 13.7. The zero-order valence-corrected chi connectivity index (χ0v) is 9.71. The molecule has 6 heteroatoms. The summed E-state index contributed by atoms with van der Waals surface area (Å²) in [6.45, 7) is 0. The molecule has 4 N–H and O–H groups in total. The fourth-order valence-electron chi connectivity index (χ4n) is 1.75. The summed E-state index contributed by atoms with van der Waals surface area (Å²) >= 11 is 0. The normalized spacial score (nSPS) is 16.1. The highest BCUT2D eigenvalue weighted by Crippen LogP contribution is 2.42. The van der Waals surface area contributed by atoms with Crippen molar-refractivity contribution in [2.45, 2.75) is 18.9 Å². The van der Waals surface area contributed by atoms with Gasteiger partial charge in [-0.05, 0) is 30.9 Å². The van der Waals surface area contributed by atoms with Crippen LogP contribution in [0.15, 0.2) is 12.1 Å². The topological polar surface area (TPSA) is 83.6 Å². The molecule has 0 aromatic heterocycles. The molecule has 0 aliphatic heterocycles. The van der Waals surface area contributed by atoms with Crippen LogP contribution >= 0.6 is 12.4 Å². The minimum Gasteiger partial charge on any atom is -0.507 e. The zero-order valence-electron chi connectivity index (χ0n) is 8.89. The Morgan fingerprint density at radius 1 is 1.47 bits per heavy atom. The van der Waals surface area contributed by atoms with Gasteiger partial charge in [0.15, 0.2) is 0 Å². The van der Waals surface area contributed by atoms with Gasteiger partial charge in [-0.25, -0.2) is 9.18 Å². The van der Waals surface area contributed by atoms with Crippen LogP contribution in [0.3, 0.4) is 0 Å². The molecule has 4 nitrogen and oxygen atoms in total. The van der Waals surface area contributed by atoms with Crippen molar-refractivity contribution >= 4 is 18.4 Å². The van der Waals surface area contributed by atoms with Crippen molar-refractivity contribution in [3.05, 3.63) is 29.1 Å². The molecule has 94 valence electrons. The summed E-state index contributed by atoms with van der Waals surface area (Å²) in [5, 5.41) is 18.5. The van der Waals surface area contributed by atoms with Gasteiger partial charge >= 0.3 is 5.97 Å². The molecule has 1 aliphatic carbocycles. The molecule has 0 bridgehead atoms. The van der Waals surface area contributed by atoms with E-state index < -0.39 is 29.1 Å². The third-order valence-corrected chi connectivity index (χ3v) is 2.82. The summed E-state index contributed by atoms with van der Waals surface area (Å²) in [5.41, 5.74) is 5.56. The lowest BCUT2D eigenvalue weighted by molar-refractivity contribution is 0.0693. The SMILES string of the molecule is Cl.N[C@H](c1cc(F)cc(C(=O)O)c1O)C1CC1. The van der Waals surface area contributed by atoms with E-state index in [1.807, 2.05) is 0 Å². The number of rotatable bonds is 3. The van der Waals surface area contributed by atoms with Gasteiger partial charge in [0.05, 0.1) is 0 Å². The van der Waals surface area contributed by atoms with E-state index in [0.29, 0.717) is 0 Å². The van der Waals surface area contributed by atoms with E-state index in [1.54, 1.807) is 0 Å². The van der Waals surface area contributed by atoms with Crippen LogP contribution in [0.5, 0.6) is 5.75 Å². The first-order valence-electron chi connectivity index (χ1n) is 5.02. The summed E-state index contributed by atoms with van der Waals surface area (Å²) in [6, 6.07) is 1.40. The number of aromatic carboxylic acids is 1. The first-order chi connectivity index (χ1) is 7.50. The second-order valence-electron chi connectivity index (χ2n) is 4.06. The number of halogens is 2. The summed E-state index contributed by atoms with van der Waals surface area (Å²) in [4.78, 5) is 10.8. The lowest BCUT2D eigenvalue weighted by Crippen LogP contribution is -2.14. The lowest BCUT2D eigenvalue weighted by Gasteiger charge is -2.14. The smallest absolute Gasteiger partial charge is 0.339 e. The van der Waals surface area contributed by atoms with E-state index in [9.17, 15) is 14.3 Å². The summed E-state index contributed by atoms with van der Waals surface area (Å²) in [6.07, 6.45) is 1.86. The highest BCUT2D eigenvalue weighted by Gasteiger charge is 2.32. The predicted molar refractivity (Wildman–Crippen MR) is 61.9 cm³/mol. The van der Waals surface area contributed by atoms with E-state index in [0.717, 1.165) is 25.0 Å². The largest absolute Gasteiger partial charge is 0.507 e. The first-order valence-corrected chi connectivity index (χ1v) is 5.02. The van der Waals surface area contributed by atoms with Crippen molar-refractivity contribution in [2.75, 3.05) is 0 Å². The molecule has 0 unspecified atom stereocenters. The van der Waals surface area contributed by atoms with Gasteiger partial charge in [-0.2, -0.15) is 0 Å².